The molecule has 0 radical (unpaired) electrons. The summed E-state index contributed by atoms with van der Waals surface area (Å²) in [5.74, 6) is 0.0378. The van der Waals surface area contributed by atoms with E-state index in [2.05, 4.69) is 11.6 Å². The van der Waals surface area contributed by atoms with Crippen molar-refractivity contribution in [2.45, 2.75) is 6.42 Å². The van der Waals surface area contributed by atoms with Crippen LogP contribution in [0.3, 0.4) is 0 Å². The van der Waals surface area contributed by atoms with E-state index in [0.29, 0.717) is 12.5 Å². The van der Waals surface area contributed by atoms with Crippen molar-refractivity contribution in [3.8, 4) is 0 Å². The molecule has 1 unspecified atom stereocenters. The summed E-state index contributed by atoms with van der Waals surface area (Å²) in [5.41, 5.74) is 0. The Hall–Kier alpha value is -0.960. The molecule has 0 aromatic carbocycles. The predicted octanol–water partition coefficient (Wildman–Crippen LogP) is 0.806. The van der Waals surface area contributed by atoms with E-state index >= 15 is 0 Å². The minimum absolute atomic E-state index is 0.281. The first-order chi connectivity index (χ1) is 5.33. The lowest BCUT2D eigenvalue weighted by Crippen LogP contribution is -2.01. The van der Waals surface area contributed by atoms with Crippen molar-refractivity contribution in [2.24, 2.45) is 10.9 Å². The van der Waals surface area contributed by atoms with Crippen LogP contribution in [-0.2, 0) is 9.53 Å². The first kappa shape index (κ1) is 8.14. The zero-order valence-corrected chi connectivity index (χ0v) is 6.32. The van der Waals surface area contributed by atoms with E-state index in [-0.39, 0.29) is 5.91 Å². The summed E-state index contributed by atoms with van der Waals surface area (Å²) in [4.78, 5) is 14.3. The van der Waals surface area contributed by atoms with Gasteiger partial charge < -0.3 is 4.74 Å². The summed E-state index contributed by atoms with van der Waals surface area (Å²) in [6.45, 7) is 4.78. The average Bonchev–Trinajstić information content (AvgIpc) is 2.52. The molecule has 1 rings (SSSR count). The minimum atomic E-state index is -0.281. The van der Waals surface area contributed by atoms with Crippen molar-refractivity contribution in [2.75, 3.05) is 13.2 Å². The quantitative estimate of drug-likeness (QED) is 0.435. The Bertz CT molecular complexity index is 181. The number of hydrogen-bond acceptors (Lipinski definition) is 2. The van der Waals surface area contributed by atoms with Crippen LogP contribution in [0.1, 0.15) is 6.42 Å². The summed E-state index contributed by atoms with van der Waals surface area (Å²) < 4.78 is 5.09. The lowest BCUT2D eigenvalue weighted by molar-refractivity contribution is -0.113. The average molecular weight is 153 g/mol. The third kappa shape index (κ3) is 2.63. The fourth-order valence-electron chi connectivity index (χ4n) is 0.902. The fourth-order valence-corrected chi connectivity index (χ4v) is 0.902. The van der Waals surface area contributed by atoms with Crippen LogP contribution in [0.4, 0.5) is 0 Å². The third-order valence-electron chi connectivity index (χ3n) is 1.55. The van der Waals surface area contributed by atoms with Gasteiger partial charge in [-0.05, 0) is 12.5 Å². The molecule has 0 aromatic heterocycles. The Morgan fingerprint density at radius 3 is 3.09 bits per heavy atom. The largest absolute Gasteiger partial charge is 0.381 e. The van der Waals surface area contributed by atoms with Crippen molar-refractivity contribution >= 4 is 12.1 Å². The first-order valence-corrected chi connectivity index (χ1v) is 3.61. The van der Waals surface area contributed by atoms with Crippen LogP contribution < -0.4 is 0 Å². The van der Waals surface area contributed by atoms with Crippen LogP contribution in [0.25, 0.3) is 0 Å². The summed E-state index contributed by atoms with van der Waals surface area (Å²) in [7, 11) is 0. The molecular weight excluding hydrogens is 142 g/mol. The van der Waals surface area contributed by atoms with Gasteiger partial charge in [0.15, 0.2) is 0 Å². The molecule has 0 spiro atoms. The van der Waals surface area contributed by atoms with Gasteiger partial charge in [-0.25, -0.2) is 4.99 Å². The van der Waals surface area contributed by atoms with Crippen LogP contribution in [-0.4, -0.2) is 25.3 Å². The zero-order valence-electron chi connectivity index (χ0n) is 6.32. The highest BCUT2D eigenvalue weighted by Crippen LogP contribution is 2.09. The van der Waals surface area contributed by atoms with Crippen LogP contribution in [0, 0.1) is 5.92 Å². The standard InChI is InChI=1S/C8H11NO2/c1-2-8(10)9-5-7-3-4-11-6-7/h2,5,7H,1,3-4,6H2/b9-5+. The molecule has 1 fully saturated rings. The molecule has 1 aliphatic rings. The number of carbonyl (C=O) groups excluding carboxylic acids is 1. The van der Waals surface area contributed by atoms with Crippen LogP contribution >= 0.6 is 0 Å². The first-order valence-electron chi connectivity index (χ1n) is 3.61. The molecule has 1 saturated heterocycles. The van der Waals surface area contributed by atoms with Crippen molar-refractivity contribution < 1.29 is 9.53 Å². The predicted molar refractivity (Wildman–Crippen MR) is 42.6 cm³/mol. The van der Waals surface area contributed by atoms with Gasteiger partial charge in [-0.15, -0.1) is 0 Å². The lowest BCUT2D eigenvalue weighted by Gasteiger charge is -1.94. The van der Waals surface area contributed by atoms with Gasteiger partial charge in [-0.3, -0.25) is 4.79 Å². The molecule has 1 aliphatic heterocycles. The van der Waals surface area contributed by atoms with Gasteiger partial charge in [-0.2, -0.15) is 0 Å². The van der Waals surface area contributed by atoms with Crippen molar-refractivity contribution in [3.05, 3.63) is 12.7 Å². The molecule has 0 saturated carbocycles. The van der Waals surface area contributed by atoms with Crippen molar-refractivity contribution in [1.82, 2.24) is 0 Å². The molecule has 0 N–H and O–H groups in total. The molecule has 0 aliphatic carbocycles. The highest BCUT2D eigenvalue weighted by Gasteiger charge is 2.12. The third-order valence-corrected chi connectivity index (χ3v) is 1.55. The second-order valence-electron chi connectivity index (χ2n) is 2.44. The summed E-state index contributed by atoms with van der Waals surface area (Å²) in [6.07, 6.45) is 3.82. The van der Waals surface area contributed by atoms with E-state index in [1.807, 2.05) is 0 Å². The van der Waals surface area contributed by atoms with Gasteiger partial charge >= 0.3 is 0 Å². The van der Waals surface area contributed by atoms with E-state index in [0.717, 1.165) is 13.0 Å². The fraction of sp³-hybridized carbons (Fsp3) is 0.500. The van der Waals surface area contributed by atoms with Gasteiger partial charge in [0.2, 0.25) is 0 Å². The topological polar surface area (TPSA) is 38.7 Å². The second-order valence-corrected chi connectivity index (χ2v) is 2.44. The van der Waals surface area contributed by atoms with E-state index in [1.165, 1.54) is 6.08 Å². The van der Waals surface area contributed by atoms with Gasteiger partial charge in [-0.1, -0.05) is 6.58 Å². The summed E-state index contributed by atoms with van der Waals surface area (Å²) in [6, 6.07) is 0. The molecular formula is C8H11NO2. The molecule has 0 aromatic rings. The Morgan fingerprint density at radius 2 is 2.55 bits per heavy atom. The van der Waals surface area contributed by atoms with Crippen LogP contribution in [0.15, 0.2) is 17.6 Å². The molecule has 60 valence electrons. The maximum atomic E-state index is 10.6. The van der Waals surface area contributed by atoms with E-state index in [4.69, 9.17) is 4.74 Å². The number of aliphatic imine (C=N–C) groups is 1. The molecule has 1 amide bonds. The second kappa shape index (κ2) is 4.03. The number of nitrogens with zero attached hydrogens (tertiary/aromatic N) is 1. The molecule has 0 bridgehead atoms. The van der Waals surface area contributed by atoms with E-state index < -0.39 is 0 Å². The number of hydrogen-bond donors (Lipinski definition) is 0. The Morgan fingerprint density at radius 1 is 1.73 bits per heavy atom. The van der Waals surface area contributed by atoms with Crippen LogP contribution in [0.5, 0.6) is 0 Å². The van der Waals surface area contributed by atoms with Gasteiger partial charge in [0, 0.05) is 18.7 Å². The van der Waals surface area contributed by atoms with Gasteiger partial charge in [0.25, 0.3) is 5.91 Å². The number of rotatable bonds is 2. The van der Waals surface area contributed by atoms with Crippen molar-refractivity contribution in [3.63, 3.8) is 0 Å². The van der Waals surface area contributed by atoms with E-state index in [9.17, 15) is 4.79 Å². The monoisotopic (exact) mass is 153 g/mol. The molecule has 1 atom stereocenters. The summed E-state index contributed by atoms with van der Waals surface area (Å²) >= 11 is 0. The molecule has 11 heavy (non-hydrogen) atoms. The molecule has 3 nitrogen and oxygen atoms in total. The highest BCUT2D eigenvalue weighted by atomic mass is 16.5. The Labute approximate surface area is 65.8 Å². The van der Waals surface area contributed by atoms with E-state index in [1.54, 1.807) is 6.21 Å². The van der Waals surface area contributed by atoms with Gasteiger partial charge in [0.05, 0.1) is 6.61 Å². The minimum Gasteiger partial charge on any atom is -0.381 e. The maximum Gasteiger partial charge on any atom is 0.268 e. The zero-order chi connectivity index (χ0) is 8.10. The molecule has 1 heterocycles. The number of carbonyl (C=O) groups is 1. The van der Waals surface area contributed by atoms with Gasteiger partial charge in [0.1, 0.15) is 0 Å². The van der Waals surface area contributed by atoms with Crippen LogP contribution in [0.2, 0.25) is 0 Å². The highest BCUT2D eigenvalue weighted by molar-refractivity contribution is 5.93. The summed E-state index contributed by atoms with van der Waals surface area (Å²) in [5, 5.41) is 0. The SMILES string of the molecule is C=CC(=O)/N=C/C1CCOC1. The van der Waals surface area contributed by atoms with Crippen molar-refractivity contribution in [1.29, 1.82) is 0 Å². The number of amides is 1. The maximum absolute atomic E-state index is 10.6. The smallest absolute Gasteiger partial charge is 0.268 e. The molecule has 3 heteroatoms. The number of ether oxygens (including phenoxy) is 1. The lowest BCUT2D eigenvalue weighted by atomic mass is 10.1. The Balaban J connectivity index is 2.33. The Kier molecular flexibility index (Phi) is 2.98. The normalized spacial score (nSPS) is 24.2.